The molecule has 1 atom stereocenters. The maximum Gasteiger partial charge on any atom is 0.255 e. The van der Waals surface area contributed by atoms with Gasteiger partial charge in [0.1, 0.15) is 6.04 Å². The van der Waals surface area contributed by atoms with Crippen molar-refractivity contribution >= 4 is 23.4 Å². The number of amides is 3. The van der Waals surface area contributed by atoms with Gasteiger partial charge in [0.05, 0.1) is 0 Å². The van der Waals surface area contributed by atoms with Crippen LogP contribution in [0.5, 0.6) is 0 Å². The van der Waals surface area contributed by atoms with Crippen molar-refractivity contribution in [2.75, 3.05) is 18.0 Å². The van der Waals surface area contributed by atoms with Gasteiger partial charge in [-0.05, 0) is 43.0 Å². The zero-order chi connectivity index (χ0) is 17.4. The number of benzene rings is 1. The van der Waals surface area contributed by atoms with E-state index in [4.69, 9.17) is 0 Å². The van der Waals surface area contributed by atoms with Crippen LogP contribution in [0.15, 0.2) is 18.2 Å². The normalized spacial score (nSPS) is 24.2. The fraction of sp³-hybridized carbons (Fsp3) is 0.526. The van der Waals surface area contributed by atoms with Crippen LogP contribution in [0.3, 0.4) is 0 Å². The Bertz CT molecular complexity index is 723. The van der Waals surface area contributed by atoms with Gasteiger partial charge in [-0.3, -0.25) is 19.7 Å². The van der Waals surface area contributed by atoms with Gasteiger partial charge in [0.25, 0.3) is 5.91 Å². The number of hydrogen-bond acceptors (Lipinski definition) is 4. The van der Waals surface area contributed by atoms with Gasteiger partial charge in [0.15, 0.2) is 0 Å². The highest BCUT2D eigenvalue weighted by Crippen LogP contribution is 2.31. The molecule has 0 bridgehead atoms. The summed E-state index contributed by atoms with van der Waals surface area (Å²) in [5.41, 5.74) is 2.83. The fourth-order valence-electron chi connectivity index (χ4n) is 4.09. The van der Waals surface area contributed by atoms with Crippen molar-refractivity contribution < 1.29 is 14.4 Å². The highest BCUT2D eigenvalue weighted by Gasteiger charge is 2.39. The van der Waals surface area contributed by atoms with E-state index < -0.39 is 6.04 Å². The number of fused-ring (bicyclic) bond motifs is 1. The van der Waals surface area contributed by atoms with E-state index in [1.54, 1.807) is 4.90 Å². The molecule has 4 rings (SSSR count). The lowest BCUT2D eigenvalue weighted by atomic mass is 10.0. The number of imide groups is 1. The number of nitrogens with one attached hydrogen (secondary N) is 1. The van der Waals surface area contributed by atoms with Crippen LogP contribution in [0, 0.1) is 0 Å². The molecule has 1 unspecified atom stereocenters. The topological polar surface area (TPSA) is 69.7 Å². The first-order chi connectivity index (χ1) is 12.1. The van der Waals surface area contributed by atoms with E-state index >= 15 is 0 Å². The second-order valence-electron chi connectivity index (χ2n) is 7.14. The molecule has 0 spiro atoms. The van der Waals surface area contributed by atoms with E-state index in [1.165, 1.54) is 31.4 Å². The molecule has 1 aromatic carbocycles. The van der Waals surface area contributed by atoms with Crippen LogP contribution in [0.1, 0.15) is 54.4 Å². The number of hydrogen-bond donors (Lipinski definition) is 1. The average molecular weight is 341 g/mol. The van der Waals surface area contributed by atoms with Crippen molar-refractivity contribution in [3.63, 3.8) is 0 Å². The zero-order valence-corrected chi connectivity index (χ0v) is 14.3. The number of nitrogens with zero attached hydrogens (tertiary/aromatic N) is 2. The summed E-state index contributed by atoms with van der Waals surface area (Å²) in [5, 5.41) is 2.34. The van der Waals surface area contributed by atoms with Crippen molar-refractivity contribution in [2.24, 2.45) is 0 Å². The second kappa shape index (κ2) is 6.50. The minimum Gasteiger partial charge on any atom is -0.372 e. The van der Waals surface area contributed by atoms with E-state index in [0.717, 1.165) is 18.7 Å². The van der Waals surface area contributed by atoms with Gasteiger partial charge in [-0.25, -0.2) is 0 Å². The van der Waals surface area contributed by atoms with Crippen LogP contribution in [0.4, 0.5) is 5.69 Å². The molecule has 3 amide bonds. The van der Waals surface area contributed by atoms with Crippen molar-refractivity contribution in [1.82, 2.24) is 10.2 Å². The molecule has 2 saturated heterocycles. The predicted molar refractivity (Wildman–Crippen MR) is 93.2 cm³/mol. The molecule has 0 radical (unpaired) electrons. The van der Waals surface area contributed by atoms with E-state index in [2.05, 4.69) is 16.3 Å². The Morgan fingerprint density at radius 1 is 1.00 bits per heavy atom. The minimum atomic E-state index is -0.542. The van der Waals surface area contributed by atoms with Gasteiger partial charge in [-0.2, -0.15) is 0 Å². The third kappa shape index (κ3) is 3.01. The van der Waals surface area contributed by atoms with Crippen molar-refractivity contribution in [3.8, 4) is 0 Å². The Balaban J connectivity index is 1.54. The first-order valence-electron chi connectivity index (χ1n) is 9.16. The summed E-state index contributed by atoms with van der Waals surface area (Å²) < 4.78 is 0. The molecule has 6 heteroatoms. The zero-order valence-electron chi connectivity index (χ0n) is 14.3. The smallest absolute Gasteiger partial charge is 0.255 e. The monoisotopic (exact) mass is 341 g/mol. The van der Waals surface area contributed by atoms with Gasteiger partial charge in [0, 0.05) is 37.3 Å². The van der Waals surface area contributed by atoms with Crippen LogP contribution in [0.2, 0.25) is 0 Å². The lowest BCUT2D eigenvalue weighted by Crippen LogP contribution is -2.52. The Hall–Kier alpha value is -2.37. The van der Waals surface area contributed by atoms with Crippen LogP contribution in [-0.2, 0) is 16.1 Å². The van der Waals surface area contributed by atoms with Crippen molar-refractivity contribution in [2.45, 2.75) is 51.1 Å². The molecule has 25 heavy (non-hydrogen) atoms. The van der Waals surface area contributed by atoms with Gasteiger partial charge in [0.2, 0.25) is 11.8 Å². The molecule has 3 aliphatic heterocycles. The first-order valence-corrected chi connectivity index (χ1v) is 9.16. The molecule has 2 fully saturated rings. The molecule has 6 nitrogen and oxygen atoms in total. The summed E-state index contributed by atoms with van der Waals surface area (Å²) in [6.45, 7) is 2.56. The number of carbonyl (C=O) groups is 3. The van der Waals surface area contributed by atoms with Crippen LogP contribution >= 0.6 is 0 Å². The van der Waals surface area contributed by atoms with Gasteiger partial charge >= 0.3 is 0 Å². The number of rotatable bonds is 2. The number of carbonyl (C=O) groups excluding carboxylic acids is 3. The summed E-state index contributed by atoms with van der Waals surface area (Å²) in [4.78, 5) is 40.2. The van der Waals surface area contributed by atoms with E-state index in [9.17, 15) is 14.4 Å². The Labute approximate surface area is 147 Å². The quantitative estimate of drug-likeness (QED) is 0.833. The standard InChI is InChI=1S/C19H23N3O3/c23-17-8-7-16(18(24)20-17)22-12-13-11-14(5-6-15(13)19(22)25)21-9-3-1-2-4-10-21/h5-6,11,16H,1-4,7-10,12H2,(H,20,23,24). The molecule has 132 valence electrons. The summed E-state index contributed by atoms with van der Waals surface area (Å²) in [5.74, 6) is -0.717. The van der Waals surface area contributed by atoms with E-state index in [0.29, 0.717) is 18.5 Å². The van der Waals surface area contributed by atoms with Gasteiger partial charge in [-0.1, -0.05) is 12.8 Å². The highest BCUT2D eigenvalue weighted by atomic mass is 16.2. The summed E-state index contributed by atoms with van der Waals surface area (Å²) in [7, 11) is 0. The second-order valence-corrected chi connectivity index (χ2v) is 7.14. The number of piperidine rings is 1. The average Bonchev–Trinajstić information content (AvgIpc) is 2.78. The van der Waals surface area contributed by atoms with E-state index in [1.807, 2.05) is 12.1 Å². The molecule has 1 N–H and O–H groups in total. The molecular formula is C19H23N3O3. The maximum atomic E-state index is 12.7. The third-order valence-electron chi connectivity index (χ3n) is 5.48. The summed E-state index contributed by atoms with van der Waals surface area (Å²) in [6, 6.07) is 5.48. The predicted octanol–water partition coefficient (Wildman–Crippen LogP) is 1.83. The van der Waals surface area contributed by atoms with E-state index in [-0.39, 0.29) is 24.1 Å². The maximum absolute atomic E-state index is 12.7. The van der Waals surface area contributed by atoms with Crippen LogP contribution in [-0.4, -0.2) is 41.8 Å². The van der Waals surface area contributed by atoms with Crippen LogP contribution < -0.4 is 10.2 Å². The largest absolute Gasteiger partial charge is 0.372 e. The summed E-state index contributed by atoms with van der Waals surface area (Å²) >= 11 is 0. The minimum absolute atomic E-state index is 0.105. The van der Waals surface area contributed by atoms with Gasteiger partial charge < -0.3 is 9.80 Å². The molecule has 1 aromatic rings. The Morgan fingerprint density at radius 2 is 1.76 bits per heavy atom. The molecule has 3 aliphatic rings. The SMILES string of the molecule is O=C1CCC(N2Cc3cc(N4CCCCCC4)ccc3C2=O)C(=O)N1. The van der Waals surface area contributed by atoms with Crippen molar-refractivity contribution in [1.29, 1.82) is 0 Å². The molecule has 0 aliphatic carbocycles. The van der Waals surface area contributed by atoms with Gasteiger partial charge in [-0.15, -0.1) is 0 Å². The Kier molecular flexibility index (Phi) is 4.19. The first kappa shape index (κ1) is 16.1. The summed E-state index contributed by atoms with van der Waals surface area (Å²) in [6.07, 6.45) is 5.67. The third-order valence-corrected chi connectivity index (χ3v) is 5.48. The molecule has 3 heterocycles. The fourth-order valence-corrected chi connectivity index (χ4v) is 4.09. The lowest BCUT2D eigenvalue weighted by Gasteiger charge is -2.29. The highest BCUT2D eigenvalue weighted by molar-refractivity contribution is 6.05. The van der Waals surface area contributed by atoms with Crippen LogP contribution in [0.25, 0.3) is 0 Å². The molecule has 0 saturated carbocycles. The molecular weight excluding hydrogens is 318 g/mol. The lowest BCUT2D eigenvalue weighted by molar-refractivity contribution is -0.136. The molecule has 0 aromatic heterocycles. The van der Waals surface area contributed by atoms with Crippen molar-refractivity contribution in [3.05, 3.63) is 29.3 Å². The number of anilines is 1. The Morgan fingerprint density at radius 3 is 2.48 bits per heavy atom.